The van der Waals surface area contributed by atoms with E-state index in [2.05, 4.69) is 31.5 Å². The van der Waals surface area contributed by atoms with Crippen molar-refractivity contribution in [3.8, 4) is 0 Å². The molecule has 0 amide bonds. The fourth-order valence-electron chi connectivity index (χ4n) is 2.52. The average Bonchev–Trinajstić information content (AvgIpc) is 2.34. The summed E-state index contributed by atoms with van der Waals surface area (Å²) in [6.07, 6.45) is 5.71. The van der Waals surface area contributed by atoms with Crippen molar-refractivity contribution in [1.82, 2.24) is 9.97 Å². The highest BCUT2D eigenvalue weighted by atomic mass is 14.8. The van der Waals surface area contributed by atoms with Crippen LogP contribution in [-0.2, 0) is 0 Å². The molecule has 0 N–H and O–H groups in total. The Morgan fingerprint density at radius 3 is 2.39 bits per heavy atom. The van der Waals surface area contributed by atoms with E-state index in [1.165, 1.54) is 17.6 Å². The lowest BCUT2D eigenvalue weighted by atomic mass is 9.84. The summed E-state index contributed by atoms with van der Waals surface area (Å²) < 4.78 is 0. The Labute approximate surface area is 110 Å². The summed E-state index contributed by atoms with van der Waals surface area (Å²) in [5.41, 5.74) is 6.89. The van der Waals surface area contributed by atoms with Crippen LogP contribution in [0.4, 0.5) is 0 Å². The molecule has 1 atom stereocenters. The lowest BCUT2D eigenvalue weighted by molar-refractivity contribution is 0.561. The highest BCUT2D eigenvalue weighted by molar-refractivity contribution is 5.65. The first-order valence-corrected chi connectivity index (χ1v) is 6.65. The number of nitrogens with zero attached hydrogens (tertiary/aromatic N) is 2. The van der Waals surface area contributed by atoms with Gasteiger partial charge in [0.15, 0.2) is 0 Å². The molecular formula is C16H22N2. The van der Waals surface area contributed by atoms with Crippen LogP contribution < -0.4 is 0 Å². The highest BCUT2D eigenvalue weighted by Gasteiger charge is 2.18. The van der Waals surface area contributed by atoms with Crippen LogP contribution >= 0.6 is 0 Å². The summed E-state index contributed by atoms with van der Waals surface area (Å²) in [4.78, 5) is 9.29. The first-order valence-electron chi connectivity index (χ1n) is 6.65. The zero-order valence-electron chi connectivity index (χ0n) is 11.9. The number of rotatable bonds is 2. The molecule has 0 bridgehead atoms. The highest BCUT2D eigenvalue weighted by Crippen LogP contribution is 2.33. The van der Waals surface area contributed by atoms with Gasteiger partial charge >= 0.3 is 0 Å². The van der Waals surface area contributed by atoms with Crippen molar-refractivity contribution in [2.45, 2.75) is 47.0 Å². The van der Waals surface area contributed by atoms with Crippen molar-refractivity contribution >= 4 is 5.57 Å². The van der Waals surface area contributed by atoms with E-state index in [-0.39, 0.29) is 0 Å². The number of allylic oxidation sites excluding steroid dienone is 3. The molecular weight excluding hydrogens is 220 g/mol. The molecule has 1 aromatic heterocycles. The smallest absolute Gasteiger partial charge is 0.0874 e. The third-order valence-electron chi connectivity index (χ3n) is 3.89. The van der Waals surface area contributed by atoms with Gasteiger partial charge in [-0.15, -0.1) is 0 Å². The minimum Gasteiger partial charge on any atom is -0.254 e. The van der Waals surface area contributed by atoms with Crippen LogP contribution in [0.15, 0.2) is 18.2 Å². The predicted octanol–water partition coefficient (Wildman–Crippen LogP) is 4.16. The third-order valence-corrected chi connectivity index (χ3v) is 3.89. The van der Waals surface area contributed by atoms with Gasteiger partial charge in [-0.2, -0.15) is 0 Å². The maximum absolute atomic E-state index is 4.71. The van der Waals surface area contributed by atoms with E-state index in [1.807, 2.05) is 13.8 Å². The van der Waals surface area contributed by atoms with Crippen molar-refractivity contribution in [3.05, 3.63) is 41.0 Å². The molecule has 0 saturated heterocycles. The van der Waals surface area contributed by atoms with Crippen molar-refractivity contribution in [1.29, 1.82) is 0 Å². The minimum atomic E-state index is 0.647. The molecule has 1 aromatic rings. The van der Waals surface area contributed by atoms with Crippen LogP contribution in [0.2, 0.25) is 0 Å². The molecule has 2 heteroatoms. The van der Waals surface area contributed by atoms with Gasteiger partial charge in [0.05, 0.1) is 22.8 Å². The molecule has 0 aliphatic heterocycles. The summed E-state index contributed by atoms with van der Waals surface area (Å²) in [5, 5.41) is 0. The Bertz CT molecular complexity index is 512. The monoisotopic (exact) mass is 242 g/mol. The molecule has 1 aliphatic carbocycles. The van der Waals surface area contributed by atoms with Gasteiger partial charge in [-0.1, -0.05) is 18.2 Å². The van der Waals surface area contributed by atoms with Crippen LogP contribution in [-0.4, -0.2) is 9.97 Å². The fourth-order valence-corrected chi connectivity index (χ4v) is 2.52. The second-order valence-corrected chi connectivity index (χ2v) is 5.38. The maximum Gasteiger partial charge on any atom is 0.0874 e. The molecule has 1 unspecified atom stereocenters. The molecule has 1 heterocycles. The first-order chi connectivity index (χ1) is 8.49. The van der Waals surface area contributed by atoms with Gasteiger partial charge in [0, 0.05) is 0 Å². The molecule has 96 valence electrons. The van der Waals surface area contributed by atoms with Crippen molar-refractivity contribution in [2.75, 3.05) is 0 Å². The Morgan fingerprint density at radius 2 is 1.83 bits per heavy atom. The summed E-state index contributed by atoms with van der Waals surface area (Å²) in [5.74, 6) is 0.647. The van der Waals surface area contributed by atoms with Crippen LogP contribution in [0.5, 0.6) is 0 Å². The van der Waals surface area contributed by atoms with Crippen molar-refractivity contribution in [2.24, 2.45) is 5.92 Å². The summed E-state index contributed by atoms with van der Waals surface area (Å²) in [7, 11) is 0. The Morgan fingerprint density at radius 1 is 1.17 bits per heavy atom. The number of aryl methyl sites for hydroxylation is 3. The van der Waals surface area contributed by atoms with Gasteiger partial charge in [0.25, 0.3) is 0 Å². The second kappa shape index (κ2) is 5.05. The Kier molecular flexibility index (Phi) is 3.65. The molecule has 18 heavy (non-hydrogen) atoms. The standard InChI is InChI=1S/C16H22N2/c1-10(2)14-6-8-15(9-7-14)16-13(5)17-11(3)12(4)18-16/h8,14H,1,6-7,9H2,2-5H3. The van der Waals surface area contributed by atoms with Gasteiger partial charge in [-0.25, -0.2) is 4.98 Å². The van der Waals surface area contributed by atoms with Gasteiger partial charge in [0.2, 0.25) is 0 Å². The lowest BCUT2D eigenvalue weighted by Gasteiger charge is -2.22. The normalized spacial score (nSPS) is 19.6. The Hall–Kier alpha value is -1.44. The van der Waals surface area contributed by atoms with E-state index in [1.54, 1.807) is 0 Å². The summed E-state index contributed by atoms with van der Waals surface area (Å²) in [6, 6.07) is 0. The lowest BCUT2D eigenvalue weighted by Crippen LogP contribution is -2.09. The summed E-state index contributed by atoms with van der Waals surface area (Å²) >= 11 is 0. The molecule has 0 aromatic carbocycles. The average molecular weight is 242 g/mol. The van der Waals surface area contributed by atoms with E-state index in [9.17, 15) is 0 Å². The van der Waals surface area contributed by atoms with Crippen LogP contribution in [0, 0.1) is 26.7 Å². The topological polar surface area (TPSA) is 25.8 Å². The number of aromatic nitrogens is 2. The molecule has 0 radical (unpaired) electrons. The maximum atomic E-state index is 4.71. The SMILES string of the molecule is C=C(C)C1CC=C(c2nc(C)c(C)nc2C)CC1. The van der Waals surface area contributed by atoms with Gasteiger partial charge in [-0.05, 0) is 58.4 Å². The fraction of sp³-hybridized carbons (Fsp3) is 0.500. The van der Waals surface area contributed by atoms with E-state index in [0.717, 1.165) is 35.6 Å². The molecule has 0 fully saturated rings. The van der Waals surface area contributed by atoms with Gasteiger partial charge in [0.1, 0.15) is 0 Å². The zero-order chi connectivity index (χ0) is 13.3. The van der Waals surface area contributed by atoms with E-state index >= 15 is 0 Å². The van der Waals surface area contributed by atoms with Crippen LogP contribution in [0.3, 0.4) is 0 Å². The Balaban J connectivity index is 2.29. The van der Waals surface area contributed by atoms with Gasteiger partial charge in [-0.3, -0.25) is 4.98 Å². The quantitative estimate of drug-likeness (QED) is 0.728. The second-order valence-electron chi connectivity index (χ2n) is 5.38. The number of hydrogen-bond acceptors (Lipinski definition) is 2. The predicted molar refractivity (Wildman–Crippen MR) is 76.4 cm³/mol. The van der Waals surface area contributed by atoms with E-state index in [4.69, 9.17) is 4.98 Å². The molecule has 2 rings (SSSR count). The molecule has 0 spiro atoms. The first kappa shape index (κ1) is 13.0. The zero-order valence-corrected chi connectivity index (χ0v) is 11.9. The molecule has 1 aliphatic rings. The molecule has 0 saturated carbocycles. The van der Waals surface area contributed by atoms with Gasteiger partial charge < -0.3 is 0 Å². The van der Waals surface area contributed by atoms with E-state index in [0.29, 0.717) is 5.92 Å². The van der Waals surface area contributed by atoms with Crippen molar-refractivity contribution in [3.63, 3.8) is 0 Å². The summed E-state index contributed by atoms with van der Waals surface area (Å²) in [6.45, 7) is 12.3. The number of hydrogen-bond donors (Lipinski definition) is 0. The minimum absolute atomic E-state index is 0.647. The van der Waals surface area contributed by atoms with Crippen LogP contribution in [0.1, 0.15) is 49.0 Å². The van der Waals surface area contributed by atoms with E-state index < -0.39 is 0 Å². The largest absolute Gasteiger partial charge is 0.254 e. The third kappa shape index (κ3) is 2.53. The van der Waals surface area contributed by atoms with Crippen LogP contribution in [0.25, 0.3) is 5.57 Å². The van der Waals surface area contributed by atoms with Crippen molar-refractivity contribution < 1.29 is 0 Å². The molecule has 2 nitrogen and oxygen atoms in total.